The maximum Gasteiger partial charge on any atom is 0.123 e. The second-order valence-corrected chi connectivity index (χ2v) is 5.79. The van der Waals surface area contributed by atoms with Crippen molar-refractivity contribution in [2.75, 3.05) is 33.8 Å². The molecule has 1 unspecified atom stereocenters. The van der Waals surface area contributed by atoms with Gasteiger partial charge in [0.15, 0.2) is 0 Å². The number of hydrogen-bond donors (Lipinski definition) is 1. The summed E-state index contributed by atoms with van der Waals surface area (Å²) in [7, 11) is 3.90. The summed E-state index contributed by atoms with van der Waals surface area (Å²) in [5, 5.41) is 0. The van der Waals surface area contributed by atoms with Gasteiger partial charge in [-0.3, -0.25) is 4.90 Å². The van der Waals surface area contributed by atoms with Gasteiger partial charge in [-0.05, 0) is 44.6 Å². The van der Waals surface area contributed by atoms with Crippen LogP contribution >= 0.6 is 0 Å². The molecule has 1 heterocycles. The van der Waals surface area contributed by atoms with Crippen LogP contribution in [0.25, 0.3) is 0 Å². The smallest absolute Gasteiger partial charge is 0.123 e. The summed E-state index contributed by atoms with van der Waals surface area (Å²) < 4.78 is 5.34. The monoisotopic (exact) mass is 277 g/mol. The molecule has 1 aromatic carbocycles. The first-order valence-electron chi connectivity index (χ1n) is 7.42. The molecule has 0 saturated carbocycles. The standard InChI is InChI=1S/C16H27N3O/c1-13-11-18(2)7-4-8-19(13)12-14-5-6-16(20-3)15(9-14)10-17/h5-6,9,13H,4,7-8,10-12,17H2,1-3H3. The van der Waals surface area contributed by atoms with Gasteiger partial charge in [-0.25, -0.2) is 0 Å². The molecule has 0 spiro atoms. The van der Waals surface area contributed by atoms with E-state index in [-0.39, 0.29) is 0 Å². The molecular formula is C16H27N3O. The molecule has 0 aromatic heterocycles. The third kappa shape index (κ3) is 3.72. The van der Waals surface area contributed by atoms with Gasteiger partial charge in [-0.2, -0.15) is 0 Å². The summed E-state index contributed by atoms with van der Waals surface area (Å²) in [4.78, 5) is 4.98. The van der Waals surface area contributed by atoms with Gasteiger partial charge in [-0.15, -0.1) is 0 Å². The van der Waals surface area contributed by atoms with Crippen LogP contribution in [0.15, 0.2) is 18.2 Å². The van der Waals surface area contributed by atoms with Crippen LogP contribution in [0.4, 0.5) is 0 Å². The van der Waals surface area contributed by atoms with E-state index >= 15 is 0 Å². The first-order chi connectivity index (χ1) is 9.63. The van der Waals surface area contributed by atoms with Crippen LogP contribution < -0.4 is 10.5 Å². The van der Waals surface area contributed by atoms with Crippen molar-refractivity contribution >= 4 is 0 Å². The number of rotatable bonds is 4. The number of nitrogens with zero attached hydrogens (tertiary/aromatic N) is 2. The van der Waals surface area contributed by atoms with Gasteiger partial charge in [0.05, 0.1) is 7.11 Å². The minimum atomic E-state index is 0.523. The Morgan fingerprint density at radius 2 is 2.15 bits per heavy atom. The molecule has 0 amide bonds. The van der Waals surface area contributed by atoms with Gasteiger partial charge in [0.1, 0.15) is 5.75 Å². The molecule has 0 radical (unpaired) electrons. The zero-order chi connectivity index (χ0) is 14.5. The summed E-state index contributed by atoms with van der Waals surface area (Å²) in [6, 6.07) is 6.96. The number of nitrogens with two attached hydrogens (primary N) is 1. The Labute approximate surface area is 122 Å². The van der Waals surface area contributed by atoms with E-state index in [1.165, 1.54) is 18.5 Å². The number of likely N-dealkylation sites (N-methyl/N-ethyl adjacent to an activating group) is 1. The lowest BCUT2D eigenvalue weighted by atomic mass is 10.1. The summed E-state index contributed by atoms with van der Waals surface area (Å²) in [6.07, 6.45) is 1.24. The molecule has 1 aliphatic rings. The molecule has 1 aromatic rings. The van der Waals surface area contributed by atoms with E-state index in [0.717, 1.165) is 30.9 Å². The van der Waals surface area contributed by atoms with Crippen LogP contribution in [0, 0.1) is 0 Å². The van der Waals surface area contributed by atoms with Crippen LogP contribution in [0.2, 0.25) is 0 Å². The number of methoxy groups -OCH3 is 1. The molecule has 20 heavy (non-hydrogen) atoms. The van der Waals surface area contributed by atoms with Gasteiger partial charge in [0.2, 0.25) is 0 Å². The normalized spacial score (nSPS) is 21.7. The number of benzene rings is 1. The third-order valence-electron chi connectivity index (χ3n) is 4.13. The first kappa shape index (κ1) is 15.3. The highest BCUT2D eigenvalue weighted by atomic mass is 16.5. The fraction of sp³-hybridized carbons (Fsp3) is 0.625. The molecule has 2 N–H and O–H groups in total. The fourth-order valence-electron chi connectivity index (χ4n) is 2.98. The Morgan fingerprint density at radius 1 is 1.35 bits per heavy atom. The largest absolute Gasteiger partial charge is 0.496 e. The van der Waals surface area contributed by atoms with Crippen LogP contribution in [0.1, 0.15) is 24.5 Å². The van der Waals surface area contributed by atoms with Crippen molar-refractivity contribution in [3.05, 3.63) is 29.3 Å². The summed E-state index contributed by atoms with van der Waals surface area (Å²) >= 11 is 0. The van der Waals surface area contributed by atoms with E-state index in [2.05, 4.69) is 35.9 Å². The van der Waals surface area contributed by atoms with Gasteiger partial charge in [0.25, 0.3) is 0 Å². The van der Waals surface area contributed by atoms with E-state index < -0.39 is 0 Å². The Hall–Kier alpha value is -1.10. The fourth-order valence-corrected chi connectivity index (χ4v) is 2.98. The number of ether oxygens (including phenoxy) is 1. The maximum absolute atomic E-state index is 5.80. The topological polar surface area (TPSA) is 41.7 Å². The quantitative estimate of drug-likeness (QED) is 0.909. The maximum atomic E-state index is 5.80. The lowest BCUT2D eigenvalue weighted by Crippen LogP contribution is -2.37. The van der Waals surface area contributed by atoms with Crippen molar-refractivity contribution in [1.29, 1.82) is 0 Å². The summed E-state index contributed by atoms with van der Waals surface area (Å²) in [6.45, 7) is 7.32. The van der Waals surface area contributed by atoms with Gasteiger partial charge in [-0.1, -0.05) is 6.07 Å². The number of hydrogen-bond acceptors (Lipinski definition) is 4. The second-order valence-electron chi connectivity index (χ2n) is 5.79. The van der Waals surface area contributed by atoms with Crippen LogP contribution in [-0.2, 0) is 13.1 Å². The average Bonchev–Trinajstić information content (AvgIpc) is 2.60. The molecule has 0 aliphatic carbocycles. The lowest BCUT2D eigenvalue weighted by Gasteiger charge is -2.28. The molecule has 1 saturated heterocycles. The highest BCUT2D eigenvalue weighted by Crippen LogP contribution is 2.21. The zero-order valence-corrected chi connectivity index (χ0v) is 12.9. The van der Waals surface area contributed by atoms with E-state index in [1.54, 1.807) is 7.11 Å². The van der Waals surface area contributed by atoms with Crippen molar-refractivity contribution in [1.82, 2.24) is 9.80 Å². The van der Waals surface area contributed by atoms with Crippen molar-refractivity contribution in [2.24, 2.45) is 5.73 Å². The molecular weight excluding hydrogens is 250 g/mol. The molecule has 0 bridgehead atoms. The molecule has 2 rings (SSSR count). The lowest BCUT2D eigenvalue weighted by molar-refractivity contribution is 0.194. The minimum absolute atomic E-state index is 0.523. The van der Waals surface area contributed by atoms with E-state index in [4.69, 9.17) is 10.5 Å². The summed E-state index contributed by atoms with van der Waals surface area (Å²) in [5.41, 5.74) is 8.21. The highest BCUT2D eigenvalue weighted by molar-refractivity contribution is 5.37. The average molecular weight is 277 g/mol. The molecule has 4 nitrogen and oxygen atoms in total. The SMILES string of the molecule is COc1ccc(CN2CCCN(C)CC2C)cc1CN. The summed E-state index contributed by atoms with van der Waals surface area (Å²) in [5.74, 6) is 0.889. The Balaban J connectivity index is 2.08. The highest BCUT2D eigenvalue weighted by Gasteiger charge is 2.19. The van der Waals surface area contributed by atoms with Gasteiger partial charge < -0.3 is 15.4 Å². The first-order valence-corrected chi connectivity index (χ1v) is 7.42. The van der Waals surface area contributed by atoms with E-state index in [9.17, 15) is 0 Å². The molecule has 1 fully saturated rings. The Morgan fingerprint density at radius 3 is 2.85 bits per heavy atom. The second kappa shape index (κ2) is 7.07. The Bertz CT molecular complexity index is 436. The van der Waals surface area contributed by atoms with Crippen molar-refractivity contribution in [3.8, 4) is 5.75 Å². The van der Waals surface area contributed by atoms with E-state index in [0.29, 0.717) is 12.6 Å². The molecule has 112 valence electrons. The van der Waals surface area contributed by atoms with Gasteiger partial charge >= 0.3 is 0 Å². The van der Waals surface area contributed by atoms with E-state index in [1.807, 2.05) is 6.07 Å². The van der Waals surface area contributed by atoms with Gasteiger partial charge in [0, 0.05) is 37.8 Å². The predicted octanol–water partition coefficient (Wildman–Crippen LogP) is 1.68. The molecule has 1 atom stereocenters. The van der Waals surface area contributed by atoms with Crippen LogP contribution in [0.5, 0.6) is 5.75 Å². The molecule has 4 heteroatoms. The molecule has 1 aliphatic heterocycles. The minimum Gasteiger partial charge on any atom is -0.496 e. The zero-order valence-electron chi connectivity index (χ0n) is 12.9. The van der Waals surface area contributed by atoms with Crippen LogP contribution in [0.3, 0.4) is 0 Å². The van der Waals surface area contributed by atoms with Crippen LogP contribution in [-0.4, -0.2) is 49.6 Å². The van der Waals surface area contributed by atoms with Crippen molar-refractivity contribution in [2.45, 2.75) is 32.5 Å². The Kier molecular flexibility index (Phi) is 5.40. The van der Waals surface area contributed by atoms with Crippen molar-refractivity contribution in [3.63, 3.8) is 0 Å². The van der Waals surface area contributed by atoms with Crippen molar-refractivity contribution < 1.29 is 4.74 Å². The predicted molar refractivity (Wildman–Crippen MR) is 82.9 cm³/mol. The third-order valence-corrected chi connectivity index (χ3v) is 4.13.